The molecular formula is C105H95N3O. The molecule has 0 saturated carbocycles. The molecule has 2 aromatic heterocycles. The van der Waals surface area contributed by atoms with Gasteiger partial charge in [0.2, 0.25) is 0 Å². The summed E-state index contributed by atoms with van der Waals surface area (Å²) in [5, 5.41) is 1.84. The lowest BCUT2D eigenvalue weighted by atomic mass is 9.73. The first kappa shape index (κ1) is 60.3. The van der Waals surface area contributed by atoms with Crippen molar-refractivity contribution in [1.29, 1.82) is 0 Å². The molecule has 16 aromatic rings. The highest BCUT2D eigenvalue weighted by atomic mass is 16.3. The van der Waals surface area contributed by atoms with Crippen molar-refractivity contribution in [2.45, 2.75) is 137 Å². The standard InChI is InChI=1S/C105H95N3O/c1-101(2,3)73-52-71(53-74(58-73)102(4,5)6)69-49-51-90-87(56-69)96-82-50-48-70(72-54-75(103(7,8)9)59-76(55-72)104(10,11)12)57-91(82)108(99-85(67-38-24-18-25-39-67)64-86-81-44-30-33-47-94(81)109-100(86)95(99)68-40-26-19-27-41-68)93-63-78(106-88-45-31-28-42-79(88)80-43-29-32-46-89(80)106)62-92(97(93)96)107(90)98-83(65-34-20-16-21-35-65)60-77(105(13,14)15)61-84(98)66-36-22-17-23-37-66/h16-64,96H,1-15H3/i28D,29D,31D,32D,42D,43D,45D,46D. The van der Waals surface area contributed by atoms with Crippen LogP contribution >= 0.6 is 0 Å². The zero-order valence-electron chi connectivity index (χ0n) is 73.0. The Morgan fingerprint density at radius 1 is 0.303 bits per heavy atom. The largest absolute Gasteiger partial charge is 0.455 e. The lowest BCUT2D eigenvalue weighted by Gasteiger charge is -2.47. The molecule has 14 aromatic carbocycles. The Bertz CT molecular complexity index is 6600. The second-order valence-electron chi connectivity index (χ2n) is 35.2. The number of rotatable bonds is 9. The fourth-order valence-corrected chi connectivity index (χ4v) is 16.7. The molecule has 18 rings (SSSR count). The highest BCUT2D eigenvalue weighted by Gasteiger charge is 2.45. The minimum Gasteiger partial charge on any atom is -0.455 e. The Morgan fingerprint density at radius 2 is 0.716 bits per heavy atom. The fraction of sp³-hybridized carbons (Fsp3) is 0.200. The highest BCUT2D eigenvalue weighted by molar-refractivity contribution is 6.18. The number of aromatic nitrogens is 1. The van der Waals surface area contributed by atoms with Crippen LogP contribution in [-0.2, 0) is 27.1 Å². The Kier molecular flexibility index (Phi) is 14.1. The molecule has 0 N–H and O–H groups in total. The molecule has 536 valence electrons. The van der Waals surface area contributed by atoms with Gasteiger partial charge in [-0.25, -0.2) is 0 Å². The van der Waals surface area contributed by atoms with E-state index in [1.54, 1.807) is 4.57 Å². The molecule has 2 aliphatic heterocycles. The summed E-state index contributed by atoms with van der Waals surface area (Å²) in [6, 6.07) is 86.7. The van der Waals surface area contributed by atoms with E-state index in [4.69, 9.17) is 4.42 Å². The van der Waals surface area contributed by atoms with Crippen LogP contribution in [0.15, 0.2) is 301 Å². The summed E-state index contributed by atoms with van der Waals surface area (Å²) in [5.74, 6) is -0.577. The van der Waals surface area contributed by atoms with Gasteiger partial charge in [-0.2, -0.15) is 0 Å². The van der Waals surface area contributed by atoms with Crippen LogP contribution in [0, 0.1) is 0 Å². The first-order valence-corrected chi connectivity index (χ1v) is 38.3. The number of para-hydroxylation sites is 3. The van der Waals surface area contributed by atoms with Gasteiger partial charge in [0.05, 0.1) is 61.8 Å². The summed E-state index contributed by atoms with van der Waals surface area (Å²) >= 11 is 0. The van der Waals surface area contributed by atoms with Crippen LogP contribution in [0.2, 0.25) is 0 Å². The van der Waals surface area contributed by atoms with Gasteiger partial charge in [-0.05, 0) is 177 Å². The van der Waals surface area contributed by atoms with E-state index in [2.05, 4.69) is 344 Å². The Hall–Kier alpha value is -11.7. The van der Waals surface area contributed by atoms with Crippen LogP contribution in [0.25, 0.3) is 116 Å². The summed E-state index contributed by atoms with van der Waals surface area (Å²) in [7, 11) is 0. The lowest BCUT2D eigenvalue weighted by Crippen LogP contribution is -2.30. The molecule has 4 nitrogen and oxygen atoms in total. The van der Waals surface area contributed by atoms with Gasteiger partial charge in [0.25, 0.3) is 0 Å². The van der Waals surface area contributed by atoms with Gasteiger partial charge in [0, 0.05) is 55.3 Å². The average Bonchev–Trinajstić information content (AvgIpc) is 1.64. The van der Waals surface area contributed by atoms with E-state index in [9.17, 15) is 11.0 Å². The van der Waals surface area contributed by atoms with Crippen molar-refractivity contribution < 1.29 is 15.4 Å². The summed E-state index contributed by atoms with van der Waals surface area (Å²) in [5.41, 5.74) is 25.9. The number of nitrogens with zero attached hydrogens (tertiary/aromatic N) is 3. The molecule has 0 fully saturated rings. The number of hydrogen-bond acceptors (Lipinski definition) is 3. The molecule has 0 bridgehead atoms. The van der Waals surface area contributed by atoms with Crippen molar-refractivity contribution in [3.05, 3.63) is 342 Å². The van der Waals surface area contributed by atoms with Crippen LogP contribution in [0.1, 0.15) is 165 Å². The van der Waals surface area contributed by atoms with Crippen LogP contribution < -0.4 is 9.80 Å². The maximum atomic E-state index is 10.3. The van der Waals surface area contributed by atoms with Gasteiger partial charge in [-0.3, -0.25) is 0 Å². The van der Waals surface area contributed by atoms with Crippen molar-refractivity contribution in [2.75, 3.05) is 9.80 Å². The third-order valence-corrected chi connectivity index (χ3v) is 22.7. The molecule has 4 heterocycles. The SMILES string of the molecule is [2H]c1c([2H])c([2H])c2c(c1[2H])c1c([2H])c([2H])c([2H])c([2H])c1n2-c1cc2c3c(c1)N(c1c(-c4ccccc4)cc4c(oc5ccccc54)c1-c1ccccc1)c1cc(-c4cc(C(C)(C)C)cc(C(C)(C)C)c4)ccc1C3c1cc(-c3cc(C(C)(C)C)cc(C(C)(C)C)c3)ccc1N2c1c(-c2ccccc2)cc(C(C)(C)C)cc1-c1ccccc1. The van der Waals surface area contributed by atoms with Crippen molar-refractivity contribution in [1.82, 2.24) is 4.57 Å². The molecule has 1 unspecified atom stereocenters. The predicted octanol–water partition coefficient (Wildman–Crippen LogP) is 29.9. The monoisotopic (exact) mass is 1420 g/mol. The van der Waals surface area contributed by atoms with E-state index in [0.717, 1.165) is 134 Å². The van der Waals surface area contributed by atoms with Gasteiger partial charge in [0.1, 0.15) is 11.2 Å². The predicted molar refractivity (Wildman–Crippen MR) is 464 cm³/mol. The molecule has 0 spiro atoms. The number of benzene rings is 14. The van der Waals surface area contributed by atoms with E-state index < -0.39 is 54.3 Å². The number of fused-ring (bicyclic) bond motifs is 10. The van der Waals surface area contributed by atoms with E-state index in [-0.39, 0.29) is 48.9 Å². The number of hydrogen-bond donors (Lipinski definition) is 0. The molecule has 0 radical (unpaired) electrons. The normalized spacial score (nSPS) is 14.9. The first-order chi connectivity index (χ1) is 55.5. The molecular weight excluding hydrogens is 1320 g/mol. The van der Waals surface area contributed by atoms with E-state index in [1.807, 2.05) is 18.2 Å². The van der Waals surface area contributed by atoms with Gasteiger partial charge in [-0.1, -0.05) is 334 Å². The summed E-state index contributed by atoms with van der Waals surface area (Å²) in [4.78, 5) is 4.92. The maximum absolute atomic E-state index is 10.3. The molecule has 0 saturated heterocycles. The molecule has 1 atom stereocenters. The third-order valence-electron chi connectivity index (χ3n) is 22.7. The Morgan fingerprint density at radius 3 is 1.20 bits per heavy atom. The smallest absolute Gasteiger partial charge is 0.145 e. The minimum absolute atomic E-state index is 0.00719. The summed E-state index contributed by atoms with van der Waals surface area (Å²) in [6.45, 7) is 34.2. The van der Waals surface area contributed by atoms with E-state index in [1.165, 1.54) is 22.3 Å². The van der Waals surface area contributed by atoms with Crippen molar-refractivity contribution in [2.24, 2.45) is 0 Å². The quantitative estimate of drug-likeness (QED) is 0.144. The zero-order chi connectivity index (χ0) is 82.3. The van der Waals surface area contributed by atoms with Crippen LogP contribution in [0.5, 0.6) is 0 Å². The minimum atomic E-state index is -0.577. The summed E-state index contributed by atoms with van der Waals surface area (Å²) in [6.07, 6.45) is 0. The van der Waals surface area contributed by atoms with Gasteiger partial charge in [0.15, 0.2) is 0 Å². The van der Waals surface area contributed by atoms with E-state index >= 15 is 0 Å². The number of anilines is 6. The van der Waals surface area contributed by atoms with E-state index in [0.29, 0.717) is 17.0 Å². The Balaban J connectivity index is 1.12. The van der Waals surface area contributed by atoms with Gasteiger partial charge < -0.3 is 18.8 Å². The second-order valence-corrected chi connectivity index (χ2v) is 35.2. The molecule has 109 heavy (non-hydrogen) atoms. The lowest BCUT2D eigenvalue weighted by molar-refractivity contribution is 0.568. The molecule has 4 heteroatoms. The fourth-order valence-electron chi connectivity index (χ4n) is 16.7. The highest BCUT2D eigenvalue weighted by Crippen LogP contribution is 2.66. The zero-order valence-corrected chi connectivity index (χ0v) is 65.0. The molecule has 0 amide bonds. The van der Waals surface area contributed by atoms with Crippen LogP contribution in [-0.4, -0.2) is 4.57 Å². The topological polar surface area (TPSA) is 24.6 Å². The van der Waals surface area contributed by atoms with Gasteiger partial charge in [-0.15, -0.1) is 0 Å². The van der Waals surface area contributed by atoms with Crippen LogP contribution in [0.4, 0.5) is 34.1 Å². The maximum Gasteiger partial charge on any atom is 0.145 e. The van der Waals surface area contributed by atoms with Crippen LogP contribution in [0.3, 0.4) is 0 Å². The molecule has 2 aliphatic rings. The van der Waals surface area contributed by atoms with Gasteiger partial charge >= 0.3 is 0 Å². The summed E-state index contributed by atoms with van der Waals surface area (Å²) < 4.78 is 87.7. The molecule has 0 aliphatic carbocycles. The van der Waals surface area contributed by atoms with Crippen molar-refractivity contribution in [3.63, 3.8) is 0 Å². The first-order valence-electron chi connectivity index (χ1n) is 42.3. The Labute approximate surface area is 654 Å². The van der Waals surface area contributed by atoms with Crippen molar-refractivity contribution >= 4 is 77.9 Å². The third kappa shape index (κ3) is 11.8. The van der Waals surface area contributed by atoms with Crippen molar-refractivity contribution in [3.8, 4) is 72.4 Å². The second kappa shape index (κ2) is 25.5. The average molecular weight is 1420 g/mol. The number of furan rings is 1.